The molecule has 0 saturated heterocycles. The topological polar surface area (TPSA) is 43.4 Å². The van der Waals surface area contributed by atoms with Crippen LogP contribution in [0.1, 0.15) is 10.4 Å². The standard InChI is InChI=1S/C19H20N2O2S/c1-13-18(15-6-10-17(23-3)11-7-15)21-19(24-13)20-12-14-4-8-16(22-2)9-5-14/h4-11H,12H2,1-3H3,(H,20,21). The van der Waals surface area contributed by atoms with Crippen LogP contribution in [0.3, 0.4) is 0 Å². The van der Waals surface area contributed by atoms with Gasteiger partial charge in [0.05, 0.1) is 19.9 Å². The summed E-state index contributed by atoms with van der Waals surface area (Å²) in [4.78, 5) is 5.92. The van der Waals surface area contributed by atoms with Gasteiger partial charge in [0.15, 0.2) is 5.13 Å². The summed E-state index contributed by atoms with van der Waals surface area (Å²) in [5, 5.41) is 4.32. The van der Waals surface area contributed by atoms with E-state index in [9.17, 15) is 0 Å². The number of methoxy groups -OCH3 is 2. The van der Waals surface area contributed by atoms with Crippen LogP contribution in [0.4, 0.5) is 5.13 Å². The second-order valence-electron chi connectivity index (χ2n) is 5.35. The van der Waals surface area contributed by atoms with Gasteiger partial charge < -0.3 is 14.8 Å². The number of thiazole rings is 1. The average molecular weight is 340 g/mol. The van der Waals surface area contributed by atoms with E-state index in [-0.39, 0.29) is 0 Å². The number of rotatable bonds is 6. The fourth-order valence-corrected chi connectivity index (χ4v) is 3.24. The van der Waals surface area contributed by atoms with Crippen molar-refractivity contribution < 1.29 is 9.47 Å². The first-order valence-corrected chi connectivity index (χ1v) is 8.50. The average Bonchev–Trinajstić information content (AvgIpc) is 3.01. The maximum absolute atomic E-state index is 5.21. The molecule has 0 aliphatic heterocycles. The van der Waals surface area contributed by atoms with Crippen molar-refractivity contribution in [2.75, 3.05) is 19.5 Å². The first-order chi connectivity index (χ1) is 11.7. The molecule has 0 atom stereocenters. The van der Waals surface area contributed by atoms with Crippen molar-refractivity contribution >= 4 is 16.5 Å². The predicted molar refractivity (Wildman–Crippen MR) is 99.2 cm³/mol. The molecule has 0 spiro atoms. The van der Waals surface area contributed by atoms with Crippen LogP contribution in [0.15, 0.2) is 48.5 Å². The molecule has 1 heterocycles. The van der Waals surface area contributed by atoms with Gasteiger partial charge in [-0.25, -0.2) is 4.98 Å². The van der Waals surface area contributed by atoms with Crippen LogP contribution in [0.25, 0.3) is 11.3 Å². The van der Waals surface area contributed by atoms with Crippen molar-refractivity contribution in [2.24, 2.45) is 0 Å². The molecule has 0 fully saturated rings. The third-order valence-electron chi connectivity index (χ3n) is 3.76. The summed E-state index contributed by atoms with van der Waals surface area (Å²) >= 11 is 1.67. The van der Waals surface area contributed by atoms with Crippen molar-refractivity contribution in [1.82, 2.24) is 4.98 Å². The molecule has 124 valence electrons. The first-order valence-electron chi connectivity index (χ1n) is 7.68. The zero-order chi connectivity index (χ0) is 16.9. The Kier molecular flexibility index (Phi) is 5.01. The number of anilines is 1. The van der Waals surface area contributed by atoms with Gasteiger partial charge in [-0.05, 0) is 48.9 Å². The van der Waals surface area contributed by atoms with E-state index in [0.29, 0.717) is 0 Å². The zero-order valence-corrected chi connectivity index (χ0v) is 14.8. The monoisotopic (exact) mass is 340 g/mol. The Labute approximate surface area is 146 Å². The maximum Gasteiger partial charge on any atom is 0.183 e. The van der Waals surface area contributed by atoms with Crippen LogP contribution in [-0.2, 0) is 6.54 Å². The molecule has 3 aromatic rings. The quantitative estimate of drug-likeness (QED) is 0.703. The lowest BCUT2D eigenvalue weighted by atomic mass is 10.1. The lowest BCUT2D eigenvalue weighted by Crippen LogP contribution is -1.98. The van der Waals surface area contributed by atoms with Gasteiger partial charge in [0.1, 0.15) is 11.5 Å². The normalized spacial score (nSPS) is 10.5. The van der Waals surface area contributed by atoms with E-state index >= 15 is 0 Å². The molecule has 1 N–H and O–H groups in total. The van der Waals surface area contributed by atoms with Gasteiger partial charge in [-0.2, -0.15) is 0 Å². The lowest BCUT2D eigenvalue weighted by molar-refractivity contribution is 0.414. The highest BCUT2D eigenvalue weighted by Gasteiger charge is 2.10. The fourth-order valence-electron chi connectivity index (χ4n) is 2.41. The molecular weight excluding hydrogens is 320 g/mol. The highest BCUT2D eigenvalue weighted by molar-refractivity contribution is 7.16. The summed E-state index contributed by atoms with van der Waals surface area (Å²) in [6, 6.07) is 16.0. The molecule has 0 bridgehead atoms. The molecule has 5 heteroatoms. The largest absolute Gasteiger partial charge is 0.497 e. The predicted octanol–water partition coefficient (Wildman–Crippen LogP) is 4.75. The molecular formula is C19H20N2O2S. The summed E-state index contributed by atoms with van der Waals surface area (Å²) < 4.78 is 10.4. The third-order valence-corrected chi connectivity index (χ3v) is 4.69. The molecule has 0 aliphatic rings. The van der Waals surface area contributed by atoms with Crippen molar-refractivity contribution in [3.8, 4) is 22.8 Å². The molecule has 4 nitrogen and oxygen atoms in total. The number of hydrogen-bond donors (Lipinski definition) is 1. The van der Waals surface area contributed by atoms with Gasteiger partial charge >= 0.3 is 0 Å². The number of benzene rings is 2. The number of nitrogens with one attached hydrogen (secondary N) is 1. The minimum Gasteiger partial charge on any atom is -0.497 e. The highest BCUT2D eigenvalue weighted by atomic mass is 32.1. The van der Waals surface area contributed by atoms with Gasteiger partial charge in [0.2, 0.25) is 0 Å². The second-order valence-corrected chi connectivity index (χ2v) is 6.56. The second kappa shape index (κ2) is 7.36. The summed E-state index contributed by atoms with van der Waals surface area (Å²) in [5.74, 6) is 1.72. The summed E-state index contributed by atoms with van der Waals surface area (Å²) in [6.45, 7) is 2.83. The van der Waals surface area contributed by atoms with Crippen molar-refractivity contribution in [3.05, 3.63) is 59.0 Å². The van der Waals surface area contributed by atoms with E-state index in [1.54, 1.807) is 25.6 Å². The van der Waals surface area contributed by atoms with Gasteiger partial charge in [-0.3, -0.25) is 0 Å². The molecule has 24 heavy (non-hydrogen) atoms. The van der Waals surface area contributed by atoms with Crippen LogP contribution >= 0.6 is 11.3 Å². The molecule has 0 aliphatic carbocycles. The number of aromatic nitrogens is 1. The van der Waals surface area contributed by atoms with Crippen LogP contribution in [0, 0.1) is 6.92 Å². The molecule has 0 saturated carbocycles. The summed E-state index contributed by atoms with van der Waals surface area (Å²) in [7, 11) is 3.34. The van der Waals surface area contributed by atoms with Crippen LogP contribution in [0.2, 0.25) is 0 Å². The van der Waals surface area contributed by atoms with E-state index < -0.39 is 0 Å². The molecule has 0 unspecified atom stereocenters. The smallest absolute Gasteiger partial charge is 0.183 e. The van der Waals surface area contributed by atoms with Gasteiger partial charge in [-0.15, -0.1) is 11.3 Å². The Bertz CT molecular complexity index is 795. The van der Waals surface area contributed by atoms with Gasteiger partial charge in [-0.1, -0.05) is 12.1 Å². The number of hydrogen-bond acceptors (Lipinski definition) is 5. The van der Waals surface area contributed by atoms with Crippen molar-refractivity contribution in [1.29, 1.82) is 0 Å². The van der Waals surface area contributed by atoms with E-state index in [4.69, 9.17) is 14.5 Å². The zero-order valence-electron chi connectivity index (χ0n) is 14.0. The Balaban J connectivity index is 1.70. The minimum absolute atomic E-state index is 0.735. The van der Waals surface area contributed by atoms with E-state index in [1.807, 2.05) is 36.4 Å². The van der Waals surface area contributed by atoms with Gasteiger partial charge in [0, 0.05) is 17.0 Å². The molecule has 0 amide bonds. The Hall–Kier alpha value is -2.53. The van der Waals surface area contributed by atoms with Crippen molar-refractivity contribution in [2.45, 2.75) is 13.5 Å². The summed E-state index contributed by atoms with van der Waals surface area (Å²) in [6.07, 6.45) is 0. The van der Waals surface area contributed by atoms with E-state index in [0.717, 1.165) is 34.4 Å². The Morgan fingerprint density at radius 3 is 2.08 bits per heavy atom. The van der Waals surface area contributed by atoms with Crippen LogP contribution in [-0.4, -0.2) is 19.2 Å². The number of ether oxygens (including phenoxy) is 2. The molecule has 1 aromatic heterocycles. The first kappa shape index (κ1) is 16.3. The highest BCUT2D eigenvalue weighted by Crippen LogP contribution is 2.31. The third kappa shape index (κ3) is 3.68. The SMILES string of the molecule is COc1ccc(CNc2nc(-c3ccc(OC)cc3)c(C)s2)cc1. The molecule has 2 aromatic carbocycles. The molecule has 0 radical (unpaired) electrons. The fraction of sp³-hybridized carbons (Fsp3) is 0.211. The summed E-state index contributed by atoms with van der Waals surface area (Å²) in [5.41, 5.74) is 3.30. The van der Waals surface area contributed by atoms with E-state index in [2.05, 4.69) is 24.4 Å². The number of nitrogens with zero attached hydrogens (tertiary/aromatic N) is 1. The minimum atomic E-state index is 0.735. The Morgan fingerprint density at radius 1 is 0.917 bits per heavy atom. The van der Waals surface area contributed by atoms with Crippen LogP contribution in [0.5, 0.6) is 11.5 Å². The number of aryl methyl sites for hydroxylation is 1. The van der Waals surface area contributed by atoms with Gasteiger partial charge in [0.25, 0.3) is 0 Å². The Morgan fingerprint density at radius 2 is 1.50 bits per heavy atom. The molecule has 3 rings (SSSR count). The van der Waals surface area contributed by atoms with E-state index in [1.165, 1.54) is 10.4 Å². The van der Waals surface area contributed by atoms with Crippen molar-refractivity contribution in [3.63, 3.8) is 0 Å². The lowest BCUT2D eigenvalue weighted by Gasteiger charge is -2.04. The maximum atomic E-state index is 5.21. The van der Waals surface area contributed by atoms with Crippen LogP contribution < -0.4 is 14.8 Å².